The smallest absolute Gasteiger partial charge is 0.298 e. The summed E-state index contributed by atoms with van der Waals surface area (Å²) in [7, 11) is 0. The second kappa shape index (κ2) is 4.58. The predicted molar refractivity (Wildman–Crippen MR) is 70.8 cm³/mol. The third kappa shape index (κ3) is 2.53. The number of nitrogens with zero attached hydrogens (tertiary/aromatic N) is 1. The molecule has 0 bridgehead atoms. The molecule has 0 aliphatic carbocycles. The van der Waals surface area contributed by atoms with E-state index in [4.69, 9.17) is 0 Å². The van der Waals surface area contributed by atoms with E-state index in [0.717, 1.165) is 12.1 Å². The largest absolute Gasteiger partial charge is 0.416 e. The zero-order chi connectivity index (χ0) is 15.1. The Morgan fingerprint density at radius 1 is 1.15 bits per heavy atom. The lowest BCUT2D eigenvalue weighted by molar-refractivity contribution is -0.137. The van der Waals surface area contributed by atoms with Crippen LogP contribution in [0, 0.1) is 0 Å². The monoisotopic (exact) mass is 281 g/mol. The van der Waals surface area contributed by atoms with Gasteiger partial charge in [-0.05, 0) is 29.2 Å². The van der Waals surface area contributed by atoms with E-state index >= 15 is 0 Å². The molecule has 0 amide bonds. The average Bonchev–Trinajstić information content (AvgIpc) is 2.34. The fraction of sp³-hybridized carbons (Fsp3) is 0.333. The van der Waals surface area contributed by atoms with Crippen LogP contribution in [-0.2, 0) is 11.6 Å². The van der Waals surface area contributed by atoms with Crippen LogP contribution >= 0.6 is 0 Å². The van der Waals surface area contributed by atoms with Gasteiger partial charge in [0.25, 0.3) is 0 Å². The molecule has 106 valence electrons. The molecule has 1 aromatic carbocycles. The van der Waals surface area contributed by atoms with E-state index in [1.807, 2.05) is 20.8 Å². The number of hydrogen-bond donors (Lipinski definition) is 0. The van der Waals surface area contributed by atoms with Gasteiger partial charge in [0.1, 0.15) is 0 Å². The summed E-state index contributed by atoms with van der Waals surface area (Å²) in [5, 5.41) is 0.372. The lowest BCUT2D eigenvalue weighted by Crippen LogP contribution is -2.16. The van der Waals surface area contributed by atoms with Gasteiger partial charge in [0.15, 0.2) is 6.29 Å². The van der Waals surface area contributed by atoms with Crippen molar-refractivity contribution < 1.29 is 18.0 Å². The van der Waals surface area contributed by atoms with Gasteiger partial charge < -0.3 is 0 Å². The van der Waals surface area contributed by atoms with Crippen LogP contribution in [0.3, 0.4) is 0 Å². The van der Waals surface area contributed by atoms with Gasteiger partial charge in [-0.25, -0.2) is 0 Å². The Morgan fingerprint density at radius 2 is 1.80 bits per heavy atom. The molecule has 0 saturated heterocycles. The summed E-state index contributed by atoms with van der Waals surface area (Å²) in [6.07, 6.45) is -2.38. The van der Waals surface area contributed by atoms with Crippen LogP contribution in [0.1, 0.15) is 42.3 Å². The maximum atomic E-state index is 12.8. The summed E-state index contributed by atoms with van der Waals surface area (Å²) in [4.78, 5) is 15.2. The van der Waals surface area contributed by atoms with E-state index in [1.54, 1.807) is 0 Å². The molecule has 20 heavy (non-hydrogen) atoms. The zero-order valence-electron chi connectivity index (χ0n) is 11.4. The number of carbonyl (C=O) groups is 1. The van der Waals surface area contributed by atoms with Gasteiger partial charge in [0.2, 0.25) is 0 Å². The number of fused-ring (bicyclic) bond motifs is 1. The van der Waals surface area contributed by atoms with Crippen LogP contribution in [0.15, 0.2) is 24.4 Å². The standard InChI is InChI=1S/C15H14F3NO/c1-14(2,3)13-9(8-20)7-19-12-5-4-10(6-11(12)13)15(16,17)18/h4-8H,1-3H3. The molecule has 0 atom stereocenters. The van der Waals surface area contributed by atoms with Crippen molar-refractivity contribution in [2.75, 3.05) is 0 Å². The molecule has 2 nitrogen and oxygen atoms in total. The molecule has 0 spiro atoms. The Labute approximate surface area is 114 Å². The summed E-state index contributed by atoms with van der Waals surface area (Å²) in [5.74, 6) is 0. The second-order valence-electron chi connectivity index (χ2n) is 5.69. The average molecular weight is 281 g/mol. The van der Waals surface area contributed by atoms with Crippen molar-refractivity contribution in [2.45, 2.75) is 32.4 Å². The first-order chi connectivity index (χ1) is 9.14. The van der Waals surface area contributed by atoms with Gasteiger partial charge in [-0.2, -0.15) is 13.2 Å². The van der Waals surface area contributed by atoms with Gasteiger partial charge in [-0.3, -0.25) is 9.78 Å². The minimum absolute atomic E-state index is 0.323. The van der Waals surface area contributed by atoms with Crippen molar-refractivity contribution in [2.24, 2.45) is 0 Å². The number of benzene rings is 1. The highest BCUT2D eigenvalue weighted by Gasteiger charge is 2.31. The number of aldehydes is 1. The van der Waals surface area contributed by atoms with E-state index in [9.17, 15) is 18.0 Å². The van der Waals surface area contributed by atoms with Crippen LogP contribution < -0.4 is 0 Å². The van der Waals surface area contributed by atoms with Crippen LogP contribution in [-0.4, -0.2) is 11.3 Å². The summed E-state index contributed by atoms with van der Waals surface area (Å²) < 4.78 is 38.5. The molecule has 0 N–H and O–H groups in total. The number of halogens is 3. The zero-order valence-corrected chi connectivity index (χ0v) is 11.4. The maximum absolute atomic E-state index is 12.8. The quantitative estimate of drug-likeness (QED) is 0.727. The van der Waals surface area contributed by atoms with E-state index in [1.165, 1.54) is 12.3 Å². The van der Waals surface area contributed by atoms with Gasteiger partial charge in [0.05, 0.1) is 11.1 Å². The van der Waals surface area contributed by atoms with E-state index in [-0.39, 0.29) is 0 Å². The first-order valence-corrected chi connectivity index (χ1v) is 6.10. The predicted octanol–water partition coefficient (Wildman–Crippen LogP) is 4.36. The summed E-state index contributed by atoms with van der Waals surface area (Å²) in [5.41, 5.74) is 0.170. The van der Waals surface area contributed by atoms with Crippen molar-refractivity contribution >= 4 is 17.2 Å². The molecule has 1 heterocycles. The molecule has 2 rings (SSSR count). The SMILES string of the molecule is CC(C)(C)c1c(C=O)cnc2ccc(C(F)(F)F)cc12. The number of pyridine rings is 1. The minimum atomic E-state index is -4.42. The summed E-state index contributed by atoms with van der Waals surface area (Å²) in [6.45, 7) is 5.57. The molecule has 0 saturated carbocycles. The number of alkyl halides is 3. The highest BCUT2D eigenvalue weighted by atomic mass is 19.4. The highest BCUT2D eigenvalue weighted by Crippen LogP contribution is 2.36. The molecule has 0 fully saturated rings. The van der Waals surface area contributed by atoms with Crippen LogP contribution in [0.4, 0.5) is 13.2 Å². The Hall–Kier alpha value is -1.91. The molecule has 0 aliphatic heterocycles. The van der Waals surface area contributed by atoms with E-state index in [0.29, 0.717) is 28.3 Å². The van der Waals surface area contributed by atoms with Crippen molar-refractivity contribution in [1.29, 1.82) is 0 Å². The Bertz CT molecular complexity index is 669. The molecule has 1 aromatic heterocycles. The fourth-order valence-electron chi connectivity index (χ4n) is 2.31. The number of rotatable bonds is 1. The Morgan fingerprint density at radius 3 is 2.30 bits per heavy atom. The molecular weight excluding hydrogens is 267 g/mol. The second-order valence-corrected chi connectivity index (χ2v) is 5.69. The Kier molecular flexibility index (Phi) is 3.32. The first-order valence-electron chi connectivity index (χ1n) is 6.10. The topological polar surface area (TPSA) is 30.0 Å². The normalized spacial score (nSPS) is 12.7. The lowest BCUT2D eigenvalue weighted by Gasteiger charge is -2.23. The lowest BCUT2D eigenvalue weighted by atomic mass is 9.82. The van der Waals surface area contributed by atoms with E-state index < -0.39 is 17.2 Å². The molecule has 0 aliphatic rings. The van der Waals surface area contributed by atoms with Crippen molar-refractivity contribution in [3.05, 3.63) is 41.1 Å². The number of aromatic nitrogens is 1. The fourth-order valence-corrected chi connectivity index (χ4v) is 2.31. The van der Waals surface area contributed by atoms with E-state index in [2.05, 4.69) is 4.98 Å². The van der Waals surface area contributed by atoms with Crippen LogP contribution in [0.25, 0.3) is 10.9 Å². The minimum Gasteiger partial charge on any atom is -0.298 e. The van der Waals surface area contributed by atoms with Gasteiger partial charge in [-0.15, -0.1) is 0 Å². The Balaban J connectivity index is 2.87. The molecule has 5 heteroatoms. The number of carbonyl (C=O) groups excluding carboxylic acids is 1. The van der Waals surface area contributed by atoms with Gasteiger partial charge in [0, 0.05) is 17.1 Å². The molecule has 0 radical (unpaired) electrons. The van der Waals surface area contributed by atoms with Crippen LogP contribution in [0.5, 0.6) is 0 Å². The molecule has 0 unspecified atom stereocenters. The highest BCUT2D eigenvalue weighted by molar-refractivity contribution is 5.91. The third-order valence-electron chi connectivity index (χ3n) is 3.10. The maximum Gasteiger partial charge on any atom is 0.416 e. The van der Waals surface area contributed by atoms with Gasteiger partial charge in [-0.1, -0.05) is 20.8 Å². The van der Waals surface area contributed by atoms with Crippen molar-refractivity contribution in [3.8, 4) is 0 Å². The number of hydrogen-bond acceptors (Lipinski definition) is 2. The molecule has 2 aromatic rings. The first kappa shape index (κ1) is 14.5. The summed E-state index contributed by atoms with van der Waals surface area (Å²) in [6, 6.07) is 3.40. The third-order valence-corrected chi connectivity index (χ3v) is 3.10. The van der Waals surface area contributed by atoms with Gasteiger partial charge >= 0.3 is 6.18 Å². The molecular formula is C15H14F3NO. The van der Waals surface area contributed by atoms with Crippen molar-refractivity contribution in [3.63, 3.8) is 0 Å². The summed E-state index contributed by atoms with van der Waals surface area (Å²) >= 11 is 0. The van der Waals surface area contributed by atoms with Crippen molar-refractivity contribution in [1.82, 2.24) is 4.98 Å². The van der Waals surface area contributed by atoms with Crippen LogP contribution in [0.2, 0.25) is 0 Å².